The van der Waals surface area contributed by atoms with Crippen LogP contribution in [-0.4, -0.2) is 17.7 Å². The number of carbonyl (C=O) groups is 3. The number of nitrogens with two attached hydrogens (primary N) is 1. The first-order valence-corrected chi connectivity index (χ1v) is 8.52. The van der Waals surface area contributed by atoms with Crippen LogP contribution in [0.2, 0.25) is 0 Å². The maximum absolute atomic E-state index is 12.2. The van der Waals surface area contributed by atoms with Crippen LogP contribution in [0.1, 0.15) is 39.6 Å². The molecule has 6 nitrogen and oxygen atoms in total. The minimum absolute atomic E-state index is 0.0362. The lowest BCUT2D eigenvalue weighted by atomic mass is 10.1. The van der Waals surface area contributed by atoms with Crippen LogP contribution < -0.4 is 16.4 Å². The minimum atomic E-state index is -0.482. The maximum Gasteiger partial charge on any atom is 0.251 e. The molecule has 1 aliphatic carbocycles. The summed E-state index contributed by atoms with van der Waals surface area (Å²) in [6, 6.07) is 13.6. The Morgan fingerprint density at radius 1 is 1.00 bits per heavy atom. The van der Waals surface area contributed by atoms with Crippen molar-refractivity contribution in [1.29, 1.82) is 0 Å². The van der Waals surface area contributed by atoms with Gasteiger partial charge in [-0.05, 0) is 54.3 Å². The van der Waals surface area contributed by atoms with Gasteiger partial charge in [-0.1, -0.05) is 19.1 Å². The van der Waals surface area contributed by atoms with Crippen molar-refractivity contribution in [3.05, 3.63) is 65.2 Å². The Morgan fingerprint density at radius 3 is 2.12 bits per heavy atom. The number of nitrogens with one attached hydrogen (secondary N) is 2. The van der Waals surface area contributed by atoms with Crippen molar-refractivity contribution in [3.8, 4) is 0 Å². The van der Waals surface area contributed by atoms with Crippen molar-refractivity contribution in [2.45, 2.75) is 19.9 Å². The normalized spacial score (nSPS) is 18.0. The molecule has 0 radical (unpaired) electrons. The predicted molar refractivity (Wildman–Crippen MR) is 98.5 cm³/mol. The summed E-state index contributed by atoms with van der Waals surface area (Å²) in [5, 5.41) is 5.68. The van der Waals surface area contributed by atoms with Gasteiger partial charge in [0.2, 0.25) is 11.8 Å². The smallest absolute Gasteiger partial charge is 0.251 e. The van der Waals surface area contributed by atoms with Crippen molar-refractivity contribution in [2.24, 2.45) is 17.6 Å². The lowest BCUT2D eigenvalue weighted by Crippen LogP contribution is -2.23. The van der Waals surface area contributed by atoms with Crippen LogP contribution in [0.3, 0.4) is 0 Å². The molecule has 0 unspecified atom stereocenters. The molecular formula is C20H21N3O3. The number of hydrogen-bond acceptors (Lipinski definition) is 3. The molecule has 0 spiro atoms. The highest BCUT2D eigenvalue weighted by Crippen LogP contribution is 2.38. The molecule has 1 fully saturated rings. The molecular weight excluding hydrogens is 330 g/mol. The van der Waals surface area contributed by atoms with E-state index in [0.717, 1.165) is 12.0 Å². The van der Waals surface area contributed by atoms with Crippen LogP contribution in [0.4, 0.5) is 5.69 Å². The summed E-state index contributed by atoms with van der Waals surface area (Å²) in [5.41, 5.74) is 7.69. The summed E-state index contributed by atoms with van der Waals surface area (Å²) < 4.78 is 0. The molecule has 0 saturated heterocycles. The first kappa shape index (κ1) is 17.7. The van der Waals surface area contributed by atoms with Crippen molar-refractivity contribution in [3.63, 3.8) is 0 Å². The summed E-state index contributed by atoms with van der Waals surface area (Å²) in [5.74, 6) is -0.0910. The SMILES string of the molecule is C[C@H]1C[C@H]1C(=O)Nc1ccc(C(=O)NCc2ccc(C(N)=O)cc2)cc1. The Balaban J connectivity index is 1.52. The van der Waals surface area contributed by atoms with Crippen LogP contribution in [-0.2, 0) is 11.3 Å². The van der Waals surface area contributed by atoms with E-state index in [1.807, 2.05) is 0 Å². The summed E-state index contributed by atoms with van der Waals surface area (Å²) in [7, 11) is 0. The Bertz CT molecular complexity index is 828. The molecule has 134 valence electrons. The van der Waals surface area contributed by atoms with E-state index in [9.17, 15) is 14.4 Å². The van der Waals surface area contributed by atoms with Crippen LogP contribution in [0, 0.1) is 11.8 Å². The van der Waals surface area contributed by atoms with Crippen LogP contribution in [0.5, 0.6) is 0 Å². The second-order valence-electron chi connectivity index (χ2n) is 6.63. The Hall–Kier alpha value is -3.15. The van der Waals surface area contributed by atoms with E-state index in [0.29, 0.717) is 29.3 Å². The third-order valence-corrected chi connectivity index (χ3v) is 4.55. The molecule has 2 aromatic carbocycles. The molecule has 2 atom stereocenters. The molecule has 3 amide bonds. The summed E-state index contributed by atoms with van der Waals surface area (Å²) >= 11 is 0. The van der Waals surface area contributed by atoms with Gasteiger partial charge in [0.05, 0.1) is 0 Å². The van der Waals surface area contributed by atoms with Gasteiger partial charge in [0.1, 0.15) is 0 Å². The van der Waals surface area contributed by atoms with E-state index < -0.39 is 5.91 Å². The second-order valence-corrected chi connectivity index (χ2v) is 6.63. The van der Waals surface area contributed by atoms with Crippen LogP contribution >= 0.6 is 0 Å². The number of rotatable bonds is 6. The van der Waals surface area contributed by atoms with Gasteiger partial charge in [-0.2, -0.15) is 0 Å². The molecule has 3 rings (SSSR count). The van der Waals surface area contributed by atoms with Gasteiger partial charge in [0, 0.05) is 29.3 Å². The van der Waals surface area contributed by atoms with Gasteiger partial charge in [-0.15, -0.1) is 0 Å². The predicted octanol–water partition coefficient (Wildman–Crippen LogP) is 2.31. The molecule has 0 heterocycles. The van der Waals surface area contributed by atoms with Gasteiger partial charge in [0.15, 0.2) is 0 Å². The number of hydrogen-bond donors (Lipinski definition) is 3. The van der Waals surface area contributed by atoms with Crippen LogP contribution in [0.25, 0.3) is 0 Å². The lowest BCUT2D eigenvalue weighted by molar-refractivity contribution is -0.117. The van der Waals surface area contributed by atoms with Crippen molar-refractivity contribution in [1.82, 2.24) is 5.32 Å². The lowest BCUT2D eigenvalue weighted by Gasteiger charge is -2.08. The van der Waals surface area contributed by atoms with E-state index in [1.54, 1.807) is 48.5 Å². The molecule has 1 saturated carbocycles. The highest BCUT2D eigenvalue weighted by molar-refractivity contribution is 5.97. The fraction of sp³-hybridized carbons (Fsp3) is 0.250. The molecule has 6 heteroatoms. The zero-order valence-corrected chi connectivity index (χ0v) is 14.5. The average Bonchev–Trinajstić information content (AvgIpc) is 3.37. The summed E-state index contributed by atoms with van der Waals surface area (Å²) in [4.78, 5) is 35.2. The van der Waals surface area contributed by atoms with Gasteiger partial charge in [-0.25, -0.2) is 0 Å². The van der Waals surface area contributed by atoms with Gasteiger partial charge >= 0.3 is 0 Å². The Kier molecular flexibility index (Phi) is 5.02. The molecule has 0 bridgehead atoms. The Morgan fingerprint density at radius 2 is 1.58 bits per heavy atom. The van der Waals surface area contributed by atoms with E-state index in [4.69, 9.17) is 5.73 Å². The highest BCUT2D eigenvalue weighted by Gasteiger charge is 2.39. The van der Waals surface area contributed by atoms with Gasteiger partial charge in [-0.3, -0.25) is 14.4 Å². The first-order chi connectivity index (χ1) is 12.4. The fourth-order valence-electron chi connectivity index (χ4n) is 2.70. The second kappa shape index (κ2) is 7.39. The fourth-order valence-corrected chi connectivity index (χ4v) is 2.70. The topological polar surface area (TPSA) is 101 Å². The van der Waals surface area contributed by atoms with Crippen molar-refractivity contribution in [2.75, 3.05) is 5.32 Å². The molecule has 0 aliphatic heterocycles. The summed E-state index contributed by atoms with van der Waals surface area (Å²) in [6.45, 7) is 2.40. The number of anilines is 1. The Labute approximate surface area is 151 Å². The first-order valence-electron chi connectivity index (χ1n) is 8.52. The minimum Gasteiger partial charge on any atom is -0.366 e. The molecule has 4 N–H and O–H groups in total. The van der Waals surface area contributed by atoms with Crippen LogP contribution in [0.15, 0.2) is 48.5 Å². The zero-order valence-electron chi connectivity index (χ0n) is 14.5. The number of benzene rings is 2. The number of amides is 3. The monoisotopic (exact) mass is 351 g/mol. The maximum atomic E-state index is 12.2. The largest absolute Gasteiger partial charge is 0.366 e. The number of primary amides is 1. The standard InChI is InChI=1S/C20H21N3O3/c1-12-10-17(12)20(26)23-16-8-6-15(7-9-16)19(25)22-11-13-2-4-14(5-3-13)18(21)24/h2-9,12,17H,10-11H2,1H3,(H2,21,24)(H,22,25)(H,23,26)/t12-,17+/m0/s1. The van der Waals surface area contributed by atoms with E-state index in [1.165, 1.54) is 0 Å². The molecule has 2 aromatic rings. The van der Waals surface area contributed by atoms with E-state index in [-0.39, 0.29) is 17.7 Å². The zero-order chi connectivity index (χ0) is 18.7. The molecule has 1 aliphatic rings. The number of carbonyl (C=O) groups excluding carboxylic acids is 3. The van der Waals surface area contributed by atoms with E-state index >= 15 is 0 Å². The van der Waals surface area contributed by atoms with Crippen molar-refractivity contribution < 1.29 is 14.4 Å². The summed E-state index contributed by atoms with van der Waals surface area (Å²) in [6.07, 6.45) is 0.937. The van der Waals surface area contributed by atoms with E-state index in [2.05, 4.69) is 17.6 Å². The quantitative estimate of drug-likeness (QED) is 0.744. The third kappa shape index (κ3) is 4.27. The average molecular weight is 351 g/mol. The molecule has 0 aromatic heterocycles. The molecule has 26 heavy (non-hydrogen) atoms. The van der Waals surface area contributed by atoms with Gasteiger partial charge < -0.3 is 16.4 Å². The van der Waals surface area contributed by atoms with Crippen molar-refractivity contribution >= 4 is 23.4 Å². The highest BCUT2D eigenvalue weighted by atomic mass is 16.2. The third-order valence-electron chi connectivity index (χ3n) is 4.55. The van der Waals surface area contributed by atoms with Gasteiger partial charge in [0.25, 0.3) is 5.91 Å².